The van der Waals surface area contributed by atoms with Crippen LogP contribution in [-0.2, 0) is 0 Å². The molecular weight excluding hydrogens is 390 g/mol. The topological polar surface area (TPSA) is 46.2 Å². The van der Waals surface area contributed by atoms with Crippen molar-refractivity contribution in [3.8, 4) is 17.2 Å². The van der Waals surface area contributed by atoms with Crippen LogP contribution in [0, 0.1) is 0 Å². The number of fused-ring (bicyclic) bond motifs is 5. The summed E-state index contributed by atoms with van der Waals surface area (Å²) in [7, 11) is 0. The summed E-state index contributed by atoms with van der Waals surface area (Å²) in [5, 5.41) is 2.35. The van der Waals surface area contributed by atoms with Gasteiger partial charge in [0.2, 0.25) is 0 Å². The van der Waals surface area contributed by atoms with E-state index in [9.17, 15) is 0 Å². The van der Waals surface area contributed by atoms with Crippen molar-refractivity contribution in [2.24, 2.45) is 0 Å². The molecule has 0 aliphatic carbocycles. The second-order valence-corrected chi connectivity index (χ2v) is 9.08. The third kappa shape index (κ3) is 3.08. The fourth-order valence-corrected chi connectivity index (χ4v) is 5.23. The lowest BCUT2D eigenvalue weighted by Crippen LogP contribution is -2.64. The van der Waals surface area contributed by atoms with Crippen molar-refractivity contribution < 1.29 is 14.2 Å². The van der Waals surface area contributed by atoms with Crippen LogP contribution in [0.4, 0.5) is 0 Å². The number of hydrazine groups is 1. The van der Waals surface area contributed by atoms with E-state index in [1.807, 2.05) is 6.07 Å². The smallest absolute Gasteiger partial charge is 0.182 e. The second-order valence-electron chi connectivity index (χ2n) is 9.08. The van der Waals surface area contributed by atoms with Crippen molar-refractivity contribution in [1.29, 1.82) is 0 Å². The maximum Gasteiger partial charge on any atom is 0.182 e. The van der Waals surface area contributed by atoms with Crippen molar-refractivity contribution in [3.05, 3.63) is 59.7 Å². The van der Waals surface area contributed by atoms with Gasteiger partial charge in [-0.2, -0.15) is 5.01 Å². The monoisotopic (exact) mass is 419 g/mol. The van der Waals surface area contributed by atoms with Gasteiger partial charge in [-0.1, -0.05) is 18.2 Å². The highest BCUT2D eigenvalue weighted by atomic mass is 16.6. The van der Waals surface area contributed by atoms with Gasteiger partial charge in [0.05, 0.1) is 11.7 Å². The molecule has 1 N–H and O–H groups in total. The highest BCUT2D eigenvalue weighted by molar-refractivity contribution is 5.70. The third-order valence-electron chi connectivity index (χ3n) is 6.98. The molecule has 0 saturated carbocycles. The Kier molecular flexibility index (Phi) is 4.40. The molecule has 0 unspecified atom stereocenters. The van der Waals surface area contributed by atoms with E-state index in [0.717, 1.165) is 54.4 Å². The van der Waals surface area contributed by atoms with Gasteiger partial charge in [-0.3, -0.25) is 0 Å². The molecule has 6 rings (SSSR count). The zero-order valence-corrected chi connectivity index (χ0v) is 18.1. The van der Waals surface area contributed by atoms with Gasteiger partial charge in [0.15, 0.2) is 17.2 Å². The summed E-state index contributed by atoms with van der Waals surface area (Å²) in [5.41, 5.74) is 6.77. The van der Waals surface area contributed by atoms with E-state index in [0.29, 0.717) is 19.3 Å². The number of ether oxygens (including phenoxy) is 3. The number of benzene rings is 2. The lowest BCUT2D eigenvalue weighted by molar-refractivity contribution is -0.161. The van der Waals surface area contributed by atoms with Gasteiger partial charge in [0.1, 0.15) is 19.0 Å². The Morgan fingerprint density at radius 1 is 0.968 bits per heavy atom. The Morgan fingerprint density at radius 2 is 1.74 bits per heavy atom. The Labute approximate surface area is 183 Å². The summed E-state index contributed by atoms with van der Waals surface area (Å²) < 4.78 is 18.3. The predicted octanol–water partition coefficient (Wildman–Crippen LogP) is 3.95. The zero-order valence-electron chi connectivity index (χ0n) is 18.1. The van der Waals surface area contributed by atoms with E-state index in [-0.39, 0.29) is 11.8 Å². The van der Waals surface area contributed by atoms with Gasteiger partial charge in [-0.25, -0.2) is 0 Å². The molecule has 0 aromatic heterocycles. The van der Waals surface area contributed by atoms with E-state index in [1.165, 1.54) is 5.56 Å². The third-order valence-corrected chi connectivity index (χ3v) is 6.98. The lowest BCUT2D eigenvalue weighted by Gasteiger charge is -2.52. The van der Waals surface area contributed by atoms with E-state index >= 15 is 0 Å². The van der Waals surface area contributed by atoms with E-state index in [4.69, 9.17) is 14.2 Å². The molecule has 2 aromatic carbocycles. The average molecular weight is 420 g/mol. The zero-order chi connectivity index (χ0) is 21.0. The SMILES string of the molecule is CC(C)N1CCC2(CC1)Oc1ccccc1[C@H]1C=C(c3ccc4c(c3)OCCO4)NN12. The van der Waals surface area contributed by atoms with Gasteiger partial charge in [-0.15, -0.1) is 0 Å². The minimum absolute atomic E-state index is 0.138. The molecule has 1 saturated heterocycles. The van der Waals surface area contributed by atoms with Crippen LogP contribution in [0.15, 0.2) is 48.5 Å². The van der Waals surface area contributed by atoms with Crippen LogP contribution in [0.25, 0.3) is 5.70 Å². The van der Waals surface area contributed by atoms with Crippen LogP contribution < -0.4 is 19.6 Å². The molecule has 1 atom stereocenters. The minimum Gasteiger partial charge on any atom is -0.486 e. The first-order chi connectivity index (χ1) is 15.1. The number of nitrogens with one attached hydrogen (secondary N) is 1. The number of hydrogen-bond acceptors (Lipinski definition) is 6. The van der Waals surface area contributed by atoms with Gasteiger partial charge in [0.25, 0.3) is 0 Å². The number of nitrogens with zero attached hydrogens (tertiary/aromatic N) is 2. The highest BCUT2D eigenvalue weighted by Gasteiger charge is 2.51. The molecule has 4 aliphatic heterocycles. The molecule has 2 aromatic rings. The van der Waals surface area contributed by atoms with Gasteiger partial charge >= 0.3 is 0 Å². The molecule has 6 nitrogen and oxygen atoms in total. The van der Waals surface area contributed by atoms with Crippen molar-refractivity contribution in [2.75, 3.05) is 26.3 Å². The molecule has 162 valence electrons. The van der Waals surface area contributed by atoms with Crippen LogP contribution in [0.1, 0.15) is 43.9 Å². The fraction of sp³-hybridized carbons (Fsp3) is 0.440. The first-order valence-corrected chi connectivity index (χ1v) is 11.3. The van der Waals surface area contributed by atoms with Crippen LogP contribution in [-0.4, -0.2) is 48.0 Å². The Hall–Kier alpha value is -2.70. The van der Waals surface area contributed by atoms with Crippen LogP contribution >= 0.6 is 0 Å². The molecule has 0 bridgehead atoms. The van der Waals surface area contributed by atoms with Crippen LogP contribution in [0.5, 0.6) is 17.2 Å². The van der Waals surface area contributed by atoms with Crippen LogP contribution in [0.2, 0.25) is 0 Å². The van der Waals surface area contributed by atoms with E-state index < -0.39 is 0 Å². The van der Waals surface area contributed by atoms with Crippen molar-refractivity contribution in [1.82, 2.24) is 15.3 Å². The van der Waals surface area contributed by atoms with Crippen LogP contribution in [0.3, 0.4) is 0 Å². The van der Waals surface area contributed by atoms with Crippen molar-refractivity contribution in [2.45, 2.75) is 44.5 Å². The number of para-hydroxylation sites is 1. The van der Waals surface area contributed by atoms with Gasteiger partial charge in [0, 0.05) is 43.1 Å². The lowest BCUT2D eigenvalue weighted by atomic mass is 9.92. The maximum absolute atomic E-state index is 6.74. The second kappa shape index (κ2) is 7.18. The highest BCUT2D eigenvalue weighted by Crippen LogP contribution is 2.48. The molecule has 0 radical (unpaired) electrons. The largest absolute Gasteiger partial charge is 0.486 e. The summed E-state index contributed by atoms with van der Waals surface area (Å²) in [6, 6.07) is 15.3. The Balaban J connectivity index is 1.36. The van der Waals surface area contributed by atoms with E-state index in [1.54, 1.807) is 0 Å². The molecule has 31 heavy (non-hydrogen) atoms. The molecule has 4 heterocycles. The first-order valence-electron chi connectivity index (χ1n) is 11.3. The van der Waals surface area contributed by atoms with Gasteiger partial charge < -0.3 is 24.5 Å². The Morgan fingerprint density at radius 3 is 2.55 bits per heavy atom. The normalized spacial score (nSPS) is 24.2. The fourth-order valence-electron chi connectivity index (χ4n) is 5.23. The maximum atomic E-state index is 6.74. The average Bonchev–Trinajstić information content (AvgIpc) is 3.26. The molecule has 6 heteroatoms. The number of piperidine rings is 1. The standard InChI is InChI=1S/C25H29N3O3/c1-17(2)27-11-9-25(10-12-27)28-21(19-5-3-4-6-22(19)31-25)16-20(26-28)18-7-8-23-24(15-18)30-14-13-29-23/h3-8,15-17,21,26H,9-14H2,1-2H3/t21-/m1/s1. The number of hydrogen-bond donors (Lipinski definition) is 1. The van der Waals surface area contributed by atoms with Gasteiger partial charge in [-0.05, 0) is 44.2 Å². The summed E-state index contributed by atoms with van der Waals surface area (Å²) in [4.78, 5) is 2.54. The van der Waals surface area contributed by atoms with E-state index in [2.05, 4.69) is 71.7 Å². The molecule has 4 aliphatic rings. The minimum atomic E-state index is -0.351. The predicted molar refractivity (Wildman–Crippen MR) is 119 cm³/mol. The molecule has 1 spiro atoms. The van der Waals surface area contributed by atoms with Crippen molar-refractivity contribution >= 4 is 5.70 Å². The first kappa shape index (κ1) is 19.0. The summed E-state index contributed by atoms with van der Waals surface area (Å²) in [6.07, 6.45) is 4.25. The number of rotatable bonds is 2. The van der Waals surface area contributed by atoms with Crippen molar-refractivity contribution in [3.63, 3.8) is 0 Å². The molecular formula is C25H29N3O3. The molecule has 1 fully saturated rings. The summed E-state index contributed by atoms with van der Waals surface area (Å²) >= 11 is 0. The summed E-state index contributed by atoms with van der Waals surface area (Å²) in [5.74, 6) is 2.63. The molecule has 0 amide bonds. The Bertz CT molecular complexity index is 1030. The summed E-state index contributed by atoms with van der Waals surface area (Å²) in [6.45, 7) is 7.80. The number of likely N-dealkylation sites (tertiary alicyclic amines) is 1. The quantitative estimate of drug-likeness (QED) is 0.795.